The molecule has 9 heteroatoms. The van der Waals surface area contributed by atoms with Crippen LogP contribution < -0.4 is 5.32 Å². The van der Waals surface area contributed by atoms with Crippen molar-refractivity contribution in [2.24, 2.45) is 52.3 Å². The molecule has 3 saturated carbocycles. The van der Waals surface area contributed by atoms with Crippen LogP contribution in [0.3, 0.4) is 0 Å². The molecule has 9 nitrogen and oxygen atoms in total. The first-order valence-corrected chi connectivity index (χ1v) is 14.8. The van der Waals surface area contributed by atoms with Crippen molar-refractivity contribution in [3.05, 3.63) is 31.6 Å². The van der Waals surface area contributed by atoms with Crippen LogP contribution in [0.4, 0.5) is 0 Å². The van der Waals surface area contributed by atoms with Crippen LogP contribution in [0.2, 0.25) is 0 Å². The molecule has 0 aromatic heterocycles. The Morgan fingerprint density at radius 2 is 1.66 bits per heavy atom. The van der Waals surface area contributed by atoms with E-state index in [1.807, 2.05) is 0 Å². The number of fused-ring (bicyclic) bond motifs is 5. The predicted octanol–water partition coefficient (Wildman–Crippen LogP) is 6.53. The van der Waals surface area contributed by atoms with Crippen molar-refractivity contribution in [1.29, 1.82) is 0 Å². The van der Waals surface area contributed by atoms with Gasteiger partial charge in [0.1, 0.15) is 5.70 Å². The van der Waals surface area contributed by atoms with E-state index in [1.54, 1.807) is 0 Å². The lowest BCUT2D eigenvalue weighted by atomic mass is 9.44. The largest absolute Gasteiger partial charge is 0.322 e. The zero-order valence-corrected chi connectivity index (χ0v) is 24.0. The fourth-order valence-corrected chi connectivity index (χ4v) is 9.81. The molecule has 0 bridgehead atoms. The standard InChI is InChI=1S/C29H47N3O6/c1-17(2)8-7-9-18(3)21-12-13-22-20-10-11-24-27(38-32(36)37)26(30-19(4)33)25(31(34)35)16-29(24,6)23(20)14-15-28(21,22)5/h17-18,20-24,27H,7-16H2,1-6H3,(H,30,33)/t18-,20+,21-,22+,23+,24?,27-,28-,29-/m1/s1. The quantitative estimate of drug-likeness (QED) is 0.265. The number of allylic oxidation sites excluding steroid dienone is 1. The number of hydrogen-bond acceptors (Lipinski definition) is 6. The average Bonchev–Trinajstić information content (AvgIpc) is 3.16. The third-order valence-electron chi connectivity index (χ3n) is 11.4. The monoisotopic (exact) mass is 533 g/mol. The Kier molecular flexibility index (Phi) is 8.16. The molecule has 3 fully saturated rings. The highest BCUT2D eigenvalue weighted by atomic mass is 17.0. The van der Waals surface area contributed by atoms with Crippen LogP contribution in [-0.4, -0.2) is 22.0 Å². The van der Waals surface area contributed by atoms with E-state index in [9.17, 15) is 25.0 Å². The third-order valence-corrected chi connectivity index (χ3v) is 11.4. The first kappa shape index (κ1) is 28.8. The van der Waals surface area contributed by atoms with Gasteiger partial charge in [-0.15, -0.1) is 10.1 Å². The number of rotatable bonds is 9. The van der Waals surface area contributed by atoms with Gasteiger partial charge in [-0.05, 0) is 90.8 Å². The molecule has 0 saturated heterocycles. The number of carbonyl (C=O) groups is 1. The van der Waals surface area contributed by atoms with E-state index < -0.39 is 27.4 Å². The predicted molar refractivity (Wildman–Crippen MR) is 144 cm³/mol. The van der Waals surface area contributed by atoms with Crippen LogP contribution in [0.25, 0.3) is 0 Å². The Hall–Kier alpha value is -2.19. The van der Waals surface area contributed by atoms with Crippen LogP contribution in [0.5, 0.6) is 0 Å². The highest BCUT2D eigenvalue weighted by molar-refractivity contribution is 5.75. The number of amides is 1. The second-order valence-corrected chi connectivity index (χ2v) is 13.8. The van der Waals surface area contributed by atoms with Gasteiger partial charge < -0.3 is 10.2 Å². The first-order valence-electron chi connectivity index (χ1n) is 14.8. The number of hydrogen-bond donors (Lipinski definition) is 1. The number of carbonyl (C=O) groups excluding carboxylic acids is 1. The molecule has 0 aromatic carbocycles. The lowest BCUT2D eigenvalue weighted by molar-refractivity contribution is -0.769. The van der Waals surface area contributed by atoms with E-state index in [1.165, 1.54) is 39.0 Å². The molecule has 9 atom stereocenters. The molecular formula is C29H47N3O6. The maximum absolute atomic E-state index is 12.2. The fourth-order valence-electron chi connectivity index (χ4n) is 9.81. The Bertz CT molecular complexity index is 981. The summed E-state index contributed by atoms with van der Waals surface area (Å²) in [6.45, 7) is 12.9. The number of nitro groups is 1. The number of nitrogens with zero attached hydrogens (tertiary/aromatic N) is 2. The Balaban J connectivity index is 1.62. The molecule has 0 aliphatic heterocycles. The molecule has 214 valence electrons. The summed E-state index contributed by atoms with van der Waals surface area (Å²) in [6.07, 6.45) is 9.16. The molecule has 4 rings (SSSR count). The van der Waals surface area contributed by atoms with Gasteiger partial charge in [0.25, 0.3) is 10.8 Å². The summed E-state index contributed by atoms with van der Waals surface area (Å²) in [5, 5.41) is 25.4. The molecule has 38 heavy (non-hydrogen) atoms. The maximum Gasteiger partial charge on any atom is 0.295 e. The summed E-state index contributed by atoms with van der Waals surface area (Å²) in [4.78, 5) is 40.3. The fraction of sp³-hybridized carbons (Fsp3) is 0.897. The van der Waals surface area contributed by atoms with E-state index >= 15 is 0 Å². The van der Waals surface area contributed by atoms with Crippen molar-refractivity contribution >= 4 is 5.91 Å². The first-order chi connectivity index (χ1) is 17.8. The average molecular weight is 534 g/mol. The van der Waals surface area contributed by atoms with Crippen LogP contribution in [0.1, 0.15) is 106 Å². The zero-order valence-electron chi connectivity index (χ0n) is 24.0. The van der Waals surface area contributed by atoms with Crippen molar-refractivity contribution in [3.63, 3.8) is 0 Å². The summed E-state index contributed by atoms with van der Waals surface area (Å²) in [5.74, 6) is 2.72. The van der Waals surface area contributed by atoms with Crippen molar-refractivity contribution < 1.29 is 19.6 Å². The van der Waals surface area contributed by atoms with Gasteiger partial charge in [-0.25, -0.2) is 0 Å². The van der Waals surface area contributed by atoms with Gasteiger partial charge in [-0.3, -0.25) is 14.9 Å². The second-order valence-electron chi connectivity index (χ2n) is 13.8. The van der Waals surface area contributed by atoms with E-state index in [0.717, 1.165) is 25.2 Å². The summed E-state index contributed by atoms with van der Waals surface area (Å²) in [6, 6.07) is 0. The van der Waals surface area contributed by atoms with Gasteiger partial charge in [0.2, 0.25) is 5.91 Å². The molecule has 1 N–H and O–H groups in total. The van der Waals surface area contributed by atoms with Crippen LogP contribution >= 0.6 is 0 Å². The molecule has 4 aliphatic rings. The minimum atomic E-state index is -1.13. The lowest BCUT2D eigenvalue weighted by Crippen LogP contribution is -2.58. The zero-order chi connectivity index (χ0) is 28.0. The van der Waals surface area contributed by atoms with Gasteiger partial charge in [-0.2, -0.15) is 0 Å². The summed E-state index contributed by atoms with van der Waals surface area (Å²) >= 11 is 0. The summed E-state index contributed by atoms with van der Waals surface area (Å²) in [7, 11) is 0. The maximum atomic E-state index is 12.2. The molecule has 0 spiro atoms. The molecule has 1 amide bonds. The minimum Gasteiger partial charge on any atom is -0.322 e. The molecule has 0 aromatic rings. The van der Waals surface area contributed by atoms with Gasteiger partial charge in [0.15, 0.2) is 6.10 Å². The van der Waals surface area contributed by atoms with Crippen molar-refractivity contribution in [1.82, 2.24) is 5.32 Å². The molecule has 4 aliphatic carbocycles. The molecular weight excluding hydrogens is 486 g/mol. The van der Waals surface area contributed by atoms with E-state index in [2.05, 4.69) is 39.9 Å². The normalized spacial score (nSPS) is 39.1. The van der Waals surface area contributed by atoms with Gasteiger partial charge >= 0.3 is 0 Å². The topological polar surface area (TPSA) is 125 Å². The van der Waals surface area contributed by atoms with Crippen molar-refractivity contribution in [2.45, 2.75) is 112 Å². The van der Waals surface area contributed by atoms with Crippen molar-refractivity contribution in [3.8, 4) is 0 Å². The van der Waals surface area contributed by atoms with E-state index in [-0.39, 0.29) is 35.1 Å². The smallest absolute Gasteiger partial charge is 0.295 e. The van der Waals surface area contributed by atoms with Crippen LogP contribution in [0.15, 0.2) is 11.4 Å². The minimum absolute atomic E-state index is 0.0306. The molecule has 1 unspecified atom stereocenters. The van der Waals surface area contributed by atoms with Crippen LogP contribution in [-0.2, 0) is 9.63 Å². The van der Waals surface area contributed by atoms with E-state index in [4.69, 9.17) is 4.84 Å². The van der Waals surface area contributed by atoms with Gasteiger partial charge in [0.05, 0.1) is 4.92 Å². The Labute approximate surface area is 226 Å². The second kappa shape index (κ2) is 10.8. The van der Waals surface area contributed by atoms with Gasteiger partial charge in [0, 0.05) is 13.3 Å². The summed E-state index contributed by atoms with van der Waals surface area (Å²) in [5.41, 5.74) is -0.369. The third kappa shape index (κ3) is 5.06. The Morgan fingerprint density at radius 3 is 2.26 bits per heavy atom. The van der Waals surface area contributed by atoms with Gasteiger partial charge in [-0.1, -0.05) is 53.9 Å². The SMILES string of the molecule is CC(=O)NC1=C([N+](=O)[O-])C[C@@]2(C)C(CC[C@H]3[C@@H]4CC[C@H]([C@H](C)CCCC(C)C)[C@@]4(C)CC[C@@H]32)[C@H]1O[N+](=O)[O-]. The molecule has 0 radical (unpaired) electrons. The molecule has 0 heterocycles. The number of nitrogens with one attached hydrogen (secondary N) is 1. The Morgan fingerprint density at radius 1 is 1.00 bits per heavy atom. The van der Waals surface area contributed by atoms with Crippen molar-refractivity contribution in [2.75, 3.05) is 0 Å². The summed E-state index contributed by atoms with van der Waals surface area (Å²) < 4.78 is 0. The van der Waals surface area contributed by atoms with E-state index in [0.29, 0.717) is 30.1 Å². The highest BCUT2D eigenvalue weighted by Gasteiger charge is 2.64. The highest BCUT2D eigenvalue weighted by Crippen LogP contribution is 2.68. The van der Waals surface area contributed by atoms with Crippen LogP contribution in [0, 0.1) is 72.5 Å². The lowest BCUT2D eigenvalue weighted by Gasteiger charge is -2.61.